The Bertz CT molecular complexity index is 1130. The maximum absolute atomic E-state index is 13.8. The van der Waals surface area contributed by atoms with Crippen molar-refractivity contribution in [2.45, 2.75) is 64.6 Å². The number of aryl methyl sites for hydroxylation is 1. The van der Waals surface area contributed by atoms with Crippen LogP contribution in [0, 0.1) is 12.7 Å². The highest BCUT2D eigenvalue weighted by atomic mass is 32.2. The largest absolute Gasteiger partial charge is 0.352 e. The lowest BCUT2D eigenvalue weighted by atomic mass is 9.95. The van der Waals surface area contributed by atoms with Gasteiger partial charge in [0.15, 0.2) is 0 Å². The maximum atomic E-state index is 13.8. The van der Waals surface area contributed by atoms with Crippen molar-refractivity contribution in [1.82, 2.24) is 10.2 Å². The monoisotopic (exact) mass is 503 g/mol. The summed E-state index contributed by atoms with van der Waals surface area (Å²) in [5.41, 5.74) is 1.93. The number of nitrogens with zero attached hydrogens (tertiary/aromatic N) is 2. The summed E-state index contributed by atoms with van der Waals surface area (Å²) in [7, 11) is -3.89. The van der Waals surface area contributed by atoms with Crippen LogP contribution < -0.4 is 9.62 Å². The van der Waals surface area contributed by atoms with E-state index in [1.807, 2.05) is 31.2 Å². The number of carbonyl (C=O) groups is 2. The van der Waals surface area contributed by atoms with Crippen molar-refractivity contribution in [2.24, 2.45) is 0 Å². The Labute approximate surface area is 207 Å². The van der Waals surface area contributed by atoms with Gasteiger partial charge in [0.25, 0.3) is 0 Å². The summed E-state index contributed by atoms with van der Waals surface area (Å²) in [6, 6.07) is 11.9. The number of hydrogen-bond acceptors (Lipinski definition) is 4. The molecule has 0 heterocycles. The van der Waals surface area contributed by atoms with Gasteiger partial charge in [-0.3, -0.25) is 13.9 Å². The van der Waals surface area contributed by atoms with E-state index in [2.05, 4.69) is 5.32 Å². The molecule has 0 aromatic heterocycles. The second-order valence-corrected chi connectivity index (χ2v) is 11.2. The predicted molar refractivity (Wildman–Crippen MR) is 135 cm³/mol. The number of rotatable bonds is 9. The summed E-state index contributed by atoms with van der Waals surface area (Å²) in [6.07, 6.45) is 6.05. The fraction of sp³-hybridized carbons (Fsp3) is 0.462. The van der Waals surface area contributed by atoms with E-state index in [1.165, 1.54) is 23.1 Å². The molecular weight excluding hydrogens is 469 g/mol. The Balaban J connectivity index is 1.86. The molecule has 0 bridgehead atoms. The molecule has 2 aromatic rings. The molecule has 35 heavy (non-hydrogen) atoms. The number of sulfonamides is 1. The first kappa shape index (κ1) is 26.7. The SMILES string of the molecule is Cc1ccc(CN(C(=O)CN(c2cccc(F)c2)S(C)(=O)=O)C(C)C(=O)NC2CCCCC2)cc1. The molecule has 1 aliphatic carbocycles. The van der Waals surface area contributed by atoms with Crippen LogP contribution in [0.25, 0.3) is 0 Å². The van der Waals surface area contributed by atoms with Crippen LogP contribution >= 0.6 is 0 Å². The van der Waals surface area contributed by atoms with Gasteiger partial charge in [-0.2, -0.15) is 0 Å². The van der Waals surface area contributed by atoms with Crippen molar-refractivity contribution >= 4 is 27.5 Å². The van der Waals surface area contributed by atoms with Crippen molar-refractivity contribution in [2.75, 3.05) is 17.1 Å². The fourth-order valence-corrected chi connectivity index (χ4v) is 5.13. The fourth-order valence-electron chi connectivity index (χ4n) is 4.29. The van der Waals surface area contributed by atoms with Gasteiger partial charge in [0, 0.05) is 12.6 Å². The van der Waals surface area contributed by atoms with Crippen LogP contribution in [0.2, 0.25) is 0 Å². The number of nitrogens with one attached hydrogen (secondary N) is 1. The summed E-state index contributed by atoms with van der Waals surface area (Å²) < 4.78 is 39.7. The summed E-state index contributed by atoms with van der Waals surface area (Å²) >= 11 is 0. The number of carbonyl (C=O) groups excluding carboxylic acids is 2. The minimum absolute atomic E-state index is 0.0513. The molecule has 2 aromatic carbocycles. The predicted octanol–water partition coefficient (Wildman–Crippen LogP) is 3.77. The summed E-state index contributed by atoms with van der Waals surface area (Å²) in [5, 5.41) is 3.06. The average molecular weight is 504 g/mol. The van der Waals surface area contributed by atoms with Gasteiger partial charge in [0.05, 0.1) is 11.9 Å². The zero-order valence-corrected chi connectivity index (χ0v) is 21.4. The third-order valence-corrected chi connectivity index (χ3v) is 7.51. The number of benzene rings is 2. The zero-order chi connectivity index (χ0) is 25.6. The number of halogens is 1. The summed E-state index contributed by atoms with van der Waals surface area (Å²) in [6.45, 7) is 3.20. The van der Waals surface area contributed by atoms with Crippen LogP contribution in [0.3, 0.4) is 0 Å². The van der Waals surface area contributed by atoms with Gasteiger partial charge in [-0.25, -0.2) is 12.8 Å². The second kappa shape index (κ2) is 11.7. The van der Waals surface area contributed by atoms with Gasteiger partial charge in [-0.1, -0.05) is 55.2 Å². The number of hydrogen-bond donors (Lipinski definition) is 1. The van der Waals surface area contributed by atoms with Crippen molar-refractivity contribution in [3.8, 4) is 0 Å². The molecular formula is C26H34FN3O4S. The Hall–Kier alpha value is -2.94. The first-order chi connectivity index (χ1) is 16.5. The van der Waals surface area contributed by atoms with E-state index in [9.17, 15) is 22.4 Å². The van der Waals surface area contributed by atoms with Gasteiger partial charge in [-0.15, -0.1) is 0 Å². The molecule has 7 nitrogen and oxygen atoms in total. The Morgan fingerprint density at radius 1 is 1.09 bits per heavy atom. The minimum Gasteiger partial charge on any atom is -0.352 e. The molecule has 3 rings (SSSR count). The number of amides is 2. The van der Waals surface area contributed by atoms with Crippen LogP contribution in [0.4, 0.5) is 10.1 Å². The van der Waals surface area contributed by atoms with Crippen molar-refractivity contribution in [3.05, 3.63) is 65.5 Å². The maximum Gasteiger partial charge on any atom is 0.244 e. The van der Waals surface area contributed by atoms with E-state index in [4.69, 9.17) is 0 Å². The molecule has 0 aliphatic heterocycles. The highest BCUT2D eigenvalue weighted by Crippen LogP contribution is 2.21. The third-order valence-electron chi connectivity index (χ3n) is 6.37. The zero-order valence-electron chi connectivity index (χ0n) is 20.5. The van der Waals surface area contributed by atoms with E-state index in [-0.39, 0.29) is 24.2 Å². The van der Waals surface area contributed by atoms with Crippen molar-refractivity contribution in [1.29, 1.82) is 0 Å². The Morgan fingerprint density at radius 2 is 1.74 bits per heavy atom. The topological polar surface area (TPSA) is 86.8 Å². The lowest BCUT2D eigenvalue weighted by molar-refractivity contribution is -0.139. The van der Waals surface area contributed by atoms with E-state index >= 15 is 0 Å². The molecule has 1 fully saturated rings. The lowest BCUT2D eigenvalue weighted by Crippen LogP contribution is -2.52. The Kier molecular flexibility index (Phi) is 8.88. The molecule has 0 saturated heterocycles. The van der Waals surface area contributed by atoms with Gasteiger partial charge >= 0.3 is 0 Å². The quantitative estimate of drug-likeness (QED) is 0.565. The lowest BCUT2D eigenvalue weighted by Gasteiger charge is -2.33. The highest BCUT2D eigenvalue weighted by Gasteiger charge is 2.31. The molecule has 1 atom stereocenters. The molecule has 0 spiro atoms. The van der Waals surface area contributed by atoms with E-state index in [0.29, 0.717) is 0 Å². The molecule has 1 saturated carbocycles. The molecule has 9 heteroatoms. The third kappa shape index (κ3) is 7.52. The van der Waals surface area contributed by atoms with Gasteiger partial charge in [-0.05, 0) is 50.5 Å². The highest BCUT2D eigenvalue weighted by molar-refractivity contribution is 7.92. The average Bonchev–Trinajstić information content (AvgIpc) is 2.81. The van der Waals surface area contributed by atoms with Crippen molar-refractivity contribution < 1.29 is 22.4 Å². The summed E-state index contributed by atoms with van der Waals surface area (Å²) in [5.74, 6) is -1.43. The van der Waals surface area contributed by atoms with Crippen LogP contribution in [0.1, 0.15) is 50.2 Å². The van der Waals surface area contributed by atoms with Gasteiger partial charge in [0.1, 0.15) is 18.4 Å². The molecule has 0 radical (unpaired) electrons. The van der Waals surface area contributed by atoms with Crippen LogP contribution in [0.15, 0.2) is 48.5 Å². The van der Waals surface area contributed by atoms with Crippen molar-refractivity contribution in [3.63, 3.8) is 0 Å². The number of anilines is 1. The molecule has 190 valence electrons. The van der Waals surface area contributed by atoms with Gasteiger partial charge < -0.3 is 10.2 Å². The van der Waals surface area contributed by atoms with E-state index in [1.54, 1.807) is 6.92 Å². The standard InChI is InChI=1S/C26H34FN3O4S/c1-19-12-14-21(15-13-19)17-29(20(2)26(32)28-23-9-5-4-6-10-23)25(31)18-30(35(3,33)34)24-11-7-8-22(27)16-24/h7-8,11-16,20,23H,4-6,9-10,17-18H2,1-3H3,(H,28,32). The smallest absolute Gasteiger partial charge is 0.244 e. The Morgan fingerprint density at radius 3 is 2.34 bits per heavy atom. The normalized spacial score (nSPS) is 15.3. The first-order valence-corrected chi connectivity index (χ1v) is 13.8. The second-order valence-electron chi connectivity index (χ2n) is 9.28. The molecule has 1 N–H and O–H groups in total. The first-order valence-electron chi connectivity index (χ1n) is 11.9. The molecule has 1 unspecified atom stereocenters. The molecule has 2 amide bonds. The van der Waals surface area contributed by atoms with Crippen LogP contribution in [-0.2, 0) is 26.2 Å². The summed E-state index contributed by atoms with van der Waals surface area (Å²) in [4.78, 5) is 28.0. The van der Waals surface area contributed by atoms with E-state index in [0.717, 1.165) is 59.9 Å². The van der Waals surface area contributed by atoms with Crippen LogP contribution in [-0.4, -0.2) is 50.0 Å². The minimum atomic E-state index is -3.89. The molecule has 1 aliphatic rings. The van der Waals surface area contributed by atoms with Crippen LogP contribution in [0.5, 0.6) is 0 Å². The van der Waals surface area contributed by atoms with E-state index < -0.39 is 34.3 Å². The van der Waals surface area contributed by atoms with Gasteiger partial charge in [0.2, 0.25) is 21.8 Å².